The van der Waals surface area contributed by atoms with Gasteiger partial charge in [-0.15, -0.1) is 0 Å². The molecular formula is C18H15BrClN3O2. The van der Waals surface area contributed by atoms with Gasteiger partial charge in [-0.3, -0.25) is 4.79 Å². The predicted octanol–water partition coefficient (Wildman–Crippen LogP) is 4.37. The van der Waals surface area contributed by atoms with Crippen LogP contribution in [0, 0.1) is 0 Å². The van der Waals surface area contributed by atoms with E-state index < -0.39 is 6.04 Å². The van der Waals surface area contributed by atoms with Crippen LogP contribution in [0.25, 0.3) is 0 Å². The van der Waals surface area contributed by atoms with Crippen molar-refractivity contribution in [2.45, 2.75) is 13.0 Å². The van der Waals surface area contributed by atoms with Gasteiger partial charge in [-0.1, -0.05) is 45.7 Å². The average molecular weight is 421 g/mol. The van der Waals surface area contributed by atoms with Crippen LogP contribution in [0.2, 0.25) is 5.02 Å². The summed E-state index contributed by atoms with van der Waals surface area (Å²) >= 11 is 9.35. The topological polar surface area (TPSA) is 70.2 Å². The Bertz CT molecular complexity index is 865. The van der Waals surface area contributed by atoms with Crippen LogP contribution in [0.15, 0.2) is 64.3 Å². The quantitative estimate of drug-likeness (QED) is 0.690. The minimum absolute atomic E-state index is 0.305. The first kappa shape index (κ1) is 17.5. The molecule has 7 heteroatoms. The van der Waals surface area contributed by atoms with Crippen molar-refractivity contribution in [2.75, 3.05) is 5.32 Å². The van der Waals surface area contributed by atoms with Gasteiger partial charge in [-0.25, -0.2) is 4.79 Å². The summed E-state index contributed by atoms with van der Waals surface area (Å²) in [6.45, 7) is 1.71. The SMILES string of the molecule is CC1=C(C(=O)Nc2cccc(Cl)c2)C(c2ccc(Br)cc2)NC(=O)N1. The fourth-order valence-corrected chi connectivity index (χ4v) is 3.12. The molecule has 0 bridgehead atoms. The number of carbonyl (C=O) groups is 2. The Morgan fingerprint density at radius 2 is 1.92 bits per heavy atom. The number of allylic oxidation sites excluding steroid dienone is 1. The van der Waals surface area contributed by atoms with Gasteiger partial charge in [0.15, 0.2) is 0 Å². The minimum Gasteiger partial charge on any atom is -0.327 e. The molecule has 1 unspecified atom stereocenters. The number of carbonyl (C=O) groups excluding carboxylic acids is 2. The molecule has 1 aliphatic rings. The predicted molar refractivity (Wildman–Crippen MR) is 101 cm³/mol. The van der Waals surface area contributed by atoms with Gasteiger partial charge in [0.1, 0.15) is 0 Å². The Morgan fingerprint density at radius 1 is 1.20 bits per heavy atom. The largest absolute Gasteiger partial charge is 0.327 e. The molecular weight excluding hydrogens is 406 g/mol. The molecule has 0 radical (unpaired) electrons. The van der Waals surface area contributed by atoms with Crippen LogP contribution in [0.1, 0.15) is 18.5 Å². The lowest BCUT2D eigenvalue weighted by Gasteiger charge is -2.28. The molecule has 3 amide bonds. The monoisotopic (exact) mass is 419 g/mol. The van der Waals surface area contributed by atoms with E-state index in [-0.39, 0.29) is 11.9 Å². The molecule has 3 rings (SSSR count). The van der Waals surface area contributed by atoms with Crippen LogP contribution in [-0.2, 0) is 4.79 Å². The Labute approximate surface area is 158 Å². The summed E-state index contributed by atoms with van der Waals surface area (Å²) in [4.78, 5) is 24.7. The number of hydrogen-bond acceptors (Lipinski definition) is 2. The smallest absolute Gasteiger partial charge is 0.319 e. The molecule has 1 aliphatic heterocycles. The maximum Gasteiger partial charge on any atom is 0.319 e. The summed E-state index contributed by atoms with van der Waals surface area (Å²) in [6.07, 6.45) is 0. The second-order valence-electron chi connectivity index (χ2n) is 5.59. The number of benzene rings is 2. The molecule has 0 fully saturated rings. The first-order valence-corrected chi connectivity index (χ1v) is 8.72. The Hall–Kier alpha value is -2.31. The first-order chi connectivity index (χ1) is 11.9. The van der Waals surface area contributed by atoms with E-state index in [0.717, 1.165) is 10.0 Å². The number of nitrogens with one attached hydrogen (secondary N) is 3. The molecule has 1 heterocycles. The van der Waals surface area contributed by atoms with E-state index in [9.17, 15) is 9.59 Å². The molecule has 3 N–H and O–H groups in total. The van der Waals surface area contributed by atoms with Crippen molar-refractivity contribution in [3.8, 4) is 0 Å². The van der Waals surface area contributed by atoms with Crippen LogP contribution >= 0.6 is 27.5 Å². The van der Waals surface area contributed by atoms with Gasteiger partial charge in [0.25, 0.3) is 5.91 Å². The number of rotatable bonds is 3. The number of amides is 3. The van der Waals surface area contributed by atoms with E-state index in [0.29, 0.717) is 22.0 Å². The Morgan fingerprint density at radius 3 is 2.60 bits per heavy atom. The number of anilines is 1. The lowest BCUT2D eigenvalue weighted by atomic mass is 9.95. The van der Waals surface area contributed by atoms with E-state index in [4.69, 9.17) is 11.6 Å². The van der Waals surface area contributed by atoms with Crippen molar-refractivity contribution in [2.24, 2.45) is 0 Å². The van der Waals surface area contributed by atoms with E-state index in [1.54, 1.807) is 31.2 Å². The molecule has 0 aromatic heterocycles. The normalized spacial score (nSPS) is 16.9. The maximum absolute atomic E-state index is 12.8. The molecule has 25 heavy (non-hydrogen) atoms. The molecule has 1 atom stereocenters. The van der Waals surface area contributed by atoms with Crippen LogP contribution in [0.4, 0.5) is 10.5 Å². The molecule has 0 saturated carbocycles. The van der Waals surface area contributed by atoms with Gasteiger partial charge in [-0.05, 0) is 42.8 Å². The first-order valence-electron chi connectivity index (χ1n) is 7.54. The second kappa shape index (κ2) is 7.29. The molecule has 2 aromatic rings. The molecule has 0 spiro atoms. The number of hydrogen-bond donors (Lipinski definition) is 3. The zero-order chi connectivity index (χ0) is 18.0. The zero-order valence-corrected chi connectivity index (χ0v) is 15.6. The van der Waals surface area contributed by atoms with Crippen molar-refractivity contribution in [1.29, 1.82) is 0 Å². The highest BCUT2D eigenvalue weighted by molar-refractivity contribution is 9.10. The second-order valence-corrected chi connectivity index (χ2v) is 6.94. The molecule has 128 valence electrons. The van der Waals surface area contributed by atoms with Gasteiger partial charge < -0.3 is 16.0 Å². The maximum atomic E-state index is 12.8. The van der Waals surface area contributed by atoms with Gasteiger partial charge in [0.2, 0.25) is 0 Å². The van der Waals surface area contributed by atoms with Crippen molar-refractivity contribution in [3.05, 3.63) is 74.9 Å². The Kier molecular flexibility index (Phi) is 5.11. The average Bonchev–Trinajstić information content (AvgIpc) is 2.54. The van der Waals surface area contributed by atoms with Crippen LogP contribution < -0.4 is 16.0 Å². The van der Waals surface area contributed by atoms with E-state index in [2.05, 4.69) is 31.9 Å². The highest BCUT2D eigenvalue weighted by Gasteiger charge is 2.31. The third-order valence-corrected chi connectivity index (χ3v) is 4.56. The number of halogens is 2. The summed E-state index contributed by atoms with van der Waals surface area (Å²) in [5.74, 6) is -0.305. The summed E-state index contributed by atoms with van der Waals surface area (Å²) in [7, 11) is 0. The Balaban J connectivity index is 1.94. The van der Waals surface area contributed by atoms with Gasteiger partial charge >= 0.3 is 6.03 Å². The van der Waals surface area contributed by atoms with Gasteiger partial charge in [0, 0.05) is 20.9 Å². The van der Waals surface area contributed by atoms with Crippen molar-refractivity contribution < 1.29 is 9.59 Å². The standard InChI is InChI=1S/C18H15BrClN3O2/c1-10-15(17(24)22-14-4-2-3-13(20)9-14)16(23-18(25)21-10)11-5-7-12(19)8-6-11/h2-9,16H,1H3,(H,22,24)(H2,21,23,25). The van der Waals surface area contributed by atoms with Crippen molar-refractivity contribution >= 4 is 45.2 Å². The highest BCUT2D eigenvalue weighted by atomic mass is 79.9. The van der Waals surface area contributed by atoms with E-state index in [1.165, 1.54) is 0 Å². The molecule has 0 aliphatic carbocycles. The van der Waals surface area contributed by atoms with Crippen LogP contribution in [-0.4, -0.2) is 11.9 Å². The lowest BCUT2D eigenvalue weighted by Crippen LogP contribution is -2.45. The molecule has 0 saturated heterocycles. The van der Waals surface area contributed by atoms with Crippen molar-refractivity contribution in [1.82, 2.24) is 10.6 Å². The van der Waals surface area contributed by atoms with Crippen LogP contribution in [0.5, 0.6) is 0 Å². The minimum atomic E-state index is -0.541. The summed E-state index contributed by atoms with van der Waals surface area (Å²) in [5.41, 5.74) is 2.36. The summed E-state index contributed by atoms with van der Waals surface area (Å²) in [5, 5.41) is 8.81. The third kappa shape index (κ3) is 4.03. The summed E-state index contributed by atoms with van der Waals surface area (Å²) < 4.78 is 0.919. The lowest BCUT2D eigenvalue weighted by molar-refractivity contribution is -0.113. The third-order valence-electron chi connectivity index (χ3n) is 3.80. The van der Waals surface area contributed by atoms with Crippen molar-refractivity contribution in [3.63, 3.8) is 0 Å². The molecule has 2 aromatic carbocycles. The fourth-order valence-electron chi connectivity index (χ4n) is 2.66. The highest BCUT2D eigenvalue weighted by Crippen LogP contribution is 2.29. The zero-order valence-electron chi connectivity index (χ0n) is 13.3. The summed E-state index contributed by atoms with van der Waals surface area (Å²) in [6, 6.07) is 13.5. The van der Waals surface area contributed by atoms with E-state index >= 15 is 0 Å². The van der Waals surface area contributed by atoms with Gasteiger partial charge in [-0.2, -0.15) is 0 Å². The van der Waals surface area contributed by atoms with Gasteiger partial charge in [0.05, 0.1) is 11.6 Å². The van der Waals surface area contributed by atoms with E-state index in [1.807, 2.05) is 24.3 Å². The fraction of sp³-hybridized carbons (Fsp3) is 0.111. The van der Waals surface area contributed by atoms with Crippen LogP contribution in [0.3, 0.4) is 0 Å². The number of urea groups is 1. The molecule has 5 nitrogen and oxygen atoms in total.